The summed E-state index contributed by atoms with van der Waals surface area (Å²) < 4.78 is 1.43. The Labute approximate surface area is 118 Å². The van der Waals surface area contributed by atoms with Gasteiger partial charge in [0.1, 0.15) is 5.02 Å². The number of rotatable bonds is 3. The van der Waals surface area contributed by atoms with Crippen LogP contribution < -0.4 is 15.8 Å². The maximum atomic E-state index is 12.2. The molecular weight excluding hydrogens is 264 g/mol. The number of piperazine rings is 1. The minimum atomic E-state index is -0.199. The van der Waals surface area contributed by atoms with Crippen molar-refractivity contribution < 1.29 is 0 Å². The molecule has 0 aromatic carbocycles. The largest absolute Gasteiger partial charge is 0.361 e. The minimum absolute atomic E-state index is 0.0764. The topological polar surface area (TPSA) is 50.2 Å². The molecule has 1 aliphatic heterocycles. The SMILES string of the molecule is CCCn1ncc(N2CCNCC2(C)C)c(Cl)c1=O. The second-order valence-corrected chi connectivity index (χ2v) is 5.89. The smallest absolute Gasteiger partial charge is 0.287 e. The van der Waals surface area contributed by atoms with Gasteiger partial charge in [0.2, 0.25) is 0 Å². The van der Waals surface area contributed by atoms with E-state index in [9.17, 15) is 4.79 Å². The van der Waals surface area contributed by atoms with Crippen LogP contribution in [0.1, 0.15) is 27.2 Å². The van der Waals surface area contributed by atoms with E-state index in [0.29, 0.717) is 6.54 Å². The Hall–Kier alpha value is -1.07. The van der Waals surface area contributed by atoms with Crippen molar-refractivity contribution >= 4 is 17.3 Å². The summed E-state index contributed by atoms with van der Waals surface area (Å²) in [5.41, 5.74) is 0.466. The lowest BCUT2D eigenvalue weighted by molar-refractivity contribution is 0.379. The third-order valence-corrected chi connectivity index (χ3v) is 3.85. The molecule has 0 radical (unpaired) electrons. The molecule has 5 nitrogen and oxygen atoms in total. The van der Waals surface area contributed by atoms with Crippen LogP contribution in [-0.4, -0.2) is 35.0 Å². The lowest BCUT2D eigenvalue weighted by Crippen LogP contribution is -2.58. The van der Waals surface area contributed by atoms with Crippen molar-refractivity contribution in [2.45, 2.75) is 39.3 Å². The van der Waals surface area contributed by atoms with Crippen LogP contribution in [-0.2, 0) is 6.54 Å². The number of anilines is 1. The summed E-state index contributed by atoms with van der Waals surface area (Å²) in [6.45, 7) is 9.45. The van der Waals surface area contributed by atoms with Gasteiger partial charge >= 0.3 is 0 Å². The van der Waals surface area contributed by atoms with Gasteiger partial charge in [-0.05, 0) is 20.3 Å². The van der Waals surface area contributed by atoms with E-state index in [2.05, 4.69) is 29.2 Å². The predicted octanol–water partition coefficient (Wildman–Crippen LogP) is 1.49. The molecule has 1 saturated heterocycles. The van der Waals surface area contributed by atoms with E-state index in [4.69, 9.17) is 11.6 Å². The van der Waals surface area contributed by atoms with Crippen LogP contribution >= 0.6 is 11.6 Å². The fourth-order valence-corrected chi connectivity index (χ4v) is 2.69. The fraction of sp³-hybridized carbons (Fsp3) is 0.692. The number of aryl methyl sites for hydroxylation is 1. The third kappa shape index (κ3) is 2.77. The van der Waals surface area contributed by atoms with Crippen molar-refractivity contribution in [3.8, 4) is 0 Å². The summed E-state index contributed by atoms with van der Waals surface area (Å²) in [4.78, 5) is 14.3. The molecule has 1 aliphatic rings. The van der Waals surface area contributed by atoms with Crippen LogP contribution in [0.3, 0.4) is 0 Å². The Morgan fingerprint density at radius 3 is 2.89 bits per heavy atom. The Morgan fingerprint density at radius 2 is 2.26 bits per heavy atom. The summed E-state index contributed by atoms with van der Waals surface area (Å²) in [5.74, 6) is 0. The van der Waals surface area contributed by atoms with E-state index in [1.807, 2.05) is 6.92 Å². The highest BCUT2D eigenvalue weighted by atomic mass is 35.5. The quantitative estimate of drug-likeness (QED) is 0.914. The van der Waals surface area contributed by atoms with Crippen molar-refractivity contribution in [3.63, 3.8) is 0 Å². The van der Waals surface area contributed by atoms with Crippen molar-refractivity contribution in [2.75, 3.05) is 24.5 Å². The number of halogens is 1. The van der Waals surface area contributed by atoms with Gasteiger partial charge in [-0.15, -0.1) is 0 Å². The molecule has 0 saturated carbocycles. The second kappa shape index (κ2) is 5.51. The summed E-state index contributed by atoms with van der Waals surface area (Å²) >= 11 is 6.26. The van der Waals surface area contributed by atoms with E-state index < -0.39 is 0 Å². The Bertz CT molecular complexity index is 512. The van der Waals surface area contributed by atoms with Crippen LogP contribution in [0, 0.1) is 0 Å². The normalized spacial score (nSPS) is 18.6. The van der Waals surface area contributed by atoms with E-state index in [0.717, 1.165) is 31.7 Å². The molecule has 1 N–H and O–H groups in total. The second-order valence-electron chi connectivity index (χ2n) is 5.51. The van der Waals surface area contributed by atoms with Gasteiger partial charge in [0.15, 0.2) is 0 Å². The molecule has 2 rings (SSSR count). The lowest BCUT2D eigenvalue weighted by Gasteiger charge is -2.44. The fourth-order valence-electron chi connectivity index (χ4n) is 2.45. The van der Waals surface area contributed by atoms with Crippen molar-refractivity contribution in [1.29, 1.82) is 0 Å². The van der Waals surface area contributed by atoms with E-state index in [1.165, 1.54) is 4.68 Å². The maximum absolute atomic E-state index is 12.2. The number of hydrogen-bond donors (Lipinski definition) is 1. The Kier molecular flexibility index (Phi) is 4.16. The van der Waals surface area contributed by atoms with Crippen LogP contribution in [0.4, 0.5) is 5.69 Å². The average molecular weight is 285 g/mol. The zero-order chi connectivity index (χ0) is 14.0. The van der Waals surface area contributed by atoms with Gasteiger partial charge in [0.05, 0.1) is 11.9 Å². The molecule has 106 valence electrons. The van der Waals surface area contributed by atoms with Gasteiger partial charge in [0.25, 0.3) is 5.56 Å². The van der Waals surface area contributed by atoms with Crippen LogP contribution in [0.25, 0.3) is 0 Å². The molecule has 6 heteroatoms. The van der Waals surface area contributed by atoms with Crippen LogP contribution in [0.15, 0.2) is 11.0 Å². The Morgan fingerprint density at radius 1 is 1.53 bits per heavy atom. The predicted molar refractivity (Wildman–Crippen MR) is 78.1 cm³/mol. The van der Waals surface area contributed by atoms with Gasteiger partial charge in [-0.25, -0.2) is 4.68 Å². The van der Waals surface area contributed by atoms with Crippen molar-refractivity contribution in [3.05, 3.63) is 21.6 Å². The van der Waals surface area contributed by atoms with Gasteiger partial charge < -0.3 is 10.2 Å². The van der Waals surface area contributed by atoms with E-state index >= 15 is 0 Å². The van der Waals surface area contributed by atoms with Crippen LogP contribution in [0.2, 0.25) is 5.02 Å². The summed E-state index contributed by atoms with van der Waals surface area (Å²) in [6.07, 6.45) is 2.58. The lowest BCUT2D eigenvalue weighted by atomic mass is 9.99. The maximum Gasteiger partial charge on any atom is 0.287 e. The van der Waals surface area contributed by atoms with Crippen molar-refractivity contribution in [2.24, 2.45) is 0 Å². The zero-order valence-corrected chi connectivity index (χ0v) is 12.5. The number of aromatic nitrogens is 2. The minimum Gasteiger partial charge on any atom is -0.361 e. The molecule has 0 atom stereocenters. The first-order chi connectivity index (χ1) is 8.97. The Balaban J connectivity index is 2.40. The van der Waals surface area contributed by atoms with Gasteiger partial charge in [-0.2, -0.15) is 5.10 Å². The van der Waals surface area contributed by atoms with Gasteiger partial charge in [-0.3, -0.25) is 4.79 Å². The van der Waals surface area contributed by atoms with Gasteiger partial charge in [-0.1, -0.05) is 18.5 Å². The zero-order valence-electron chi connectivity index (χ0n) is 11.7. The molecular formula is C13H21ClN4O. The standard InChI is InChI=1S/C13H21ClN4O/c1-4-6-18-12(19)11(14)10(8-16-18)17-7-5-15-9-13(17,2)3/h8,15H,4-7,9H2,1-3H3. The summed E-state index contributed by atoms with van der Waals surface area (Å²) in [7, 11) is 0. The first kappa shape index (κ1) is 14.3. The first-order valence-corrected chi connectivity index (χ1v) is 7.09. The number of nitrogens with one attached hydrogen (secondary N) is 1. The molecule has 0 aliphatic carbocycles. The highest BCUT2D eigenvalue weighted by Crippen LogP contribution is 2.28. The highest BCUT2D eigenvalue weighted by molar-refractivity contribution is 6.33. The highest BCUT2D eigenvalue weighted by Gasteiger charge is 2.31. The molecule has 1 fully saturated rings. The molecule has 0 unspecified atom stereocenters. The average Bonchev–Trinajstić information content (AvgIpc) is 2.36. The van der Waals surface area contributed by atoms with Crippen molar-refractivity contribution in [1.82, 2.24) is 15.1 Å². The molecule has 1 aromatic heterocycles. The van der Waals surface area contributed by atoms with E-state index in [-0.39, 0.29) is 16.1 Å². The summed E-state index contributed by atoms with van der Waals surface area (Å²) in [5, 5.41) is 7.86. The molecule has 0 amide bonds. The first-order valence-electron chi connectivity index (χ1n) is 6.71. The molecule has 0 bridgehead atoms. The molecule has 2 heterocycles. The number of nitrogens with zero attached hydrogens (tertiary/aromatic N) is 3. The van der Waals surface area contributed by atoms with Gasteiger partial charge in [0, 0.05) is 31.7 Å². The summed E-state index contributed by atoms with van der Waals surface area (Å²) in [6, 6.07) is 0. The number of hydrogen-bond acceptors (Lipinski definition) is 4. The van der Waals surface area contributed by atoms with E-state index in [1.54, 1.807) is 6.20 Å². The van der Waals surface area contributed by atoms with Crippen LogP contribution in [0.5, 0.6) is 0 Å². The molecule has 0 spiro atoms. The molecule has 19 heavy (non-hydrogen) atoms. The molecule has 1 aromatic rings. The monoisotopic (exact) mass is 284 g/mol. The third-order valence-electron chi connectivity index (χ3n) is 3.49.